The minimum Gasteiger partial charge on any atom is -0.469 e. The molecule has 0 heterocycles. The summed E-state index contributed by atoms with van der Waals surface area (Å²) in [6, 6.07) is 8.29. The lowest BCUT2D eigenvalue weighted by molar-refractivity contribution is -0.140. The quantitative estimate of drug-likeness (QED) is 0.767. The zero-order valence-corrected chi connectivity index (χ0v) is 11.3. The first-order chi connectivity index (χ1) is 7.67. The third-order valence-corrected chi connectivity index (χ3v) is 3.29. The van der Waals surface area contributed by atoms with Gasteiger partial charge in [-0.3, -0.25) is 4.79 Å². The Morgan fingerprint density at radius 1 is 1.38 bits per heavy atom. The Kier molecular flexibility index (Phi) is 5.53. The molecule has 0 radical (unpaired) electrons. The van der Waals surface area contributed by atoms with Crippen LogP contribution < -0.4 is 0 Å². The number of ether oxygens (including phenoxy) is 1. The lowest BCUT2D eigenvalue weighted by atomic mass is 9.92. The van der Waals surface area contributed by atoms with Gasteiger partial charge in [0.2, 0.25) is 0 Å². The molecule has 88 valence electrons. The van der Waals surface area contributed by atoms with E-state index in [0.717, 1.165) is 17.3 Å². The number of benzene rings is 1. The summed E-state index contributed by atoms with van der Waals surface area (Å²) in [5, 5.41) is 0. The molecule has 3 heteroatoms. The van der Waals surface area contributed by atoms with Gasteiger partial charge in [0.15, 0.2) is 0 Å². The van der Waals surface area contributed by atoms with Gasteiger partial charge in [-0.1, -0.05) is 35.0 Å². The molecule has 16 heavy (non-hydrogen) atoms. The summed E-state index contributed by atoms with van der Waals surface area (Å²) < 4.78 is 5.74. The van der Waals surface area contributed by atoms with Crippen molar-refractivity contribution in [2.75, 3.05) is 7.11 Å². The molecule has 0 spiro atoms. The van der Waals surface area contributed by atoms with E-state index in [2.05, 4.69) is 39.7 Å². The Labute approximate surface area is 105 Å². The van der Waals surface area contributed by atoms with Crippen molar-refractivity contribution in [1.29, 1.82) is 0 Å². The molecule has 0 amide bonds. The SMILES string of the molecule is CC[C@H](CCC(=O)OC)c1ccc(Br)cc1. The molecule has 1 atom stereocenters. The van der Waals surface area contributed by atoms with Crippen LogP contribution >= 0.6 is 15.9 Å². The molecule has 2 nitrogen and oxygen atoms in total. The Morgan fingerprint density at radius 2 is 2.00 bits per heavy atom. The molecule has 0 fully saturated rings. The molecule has 0 aliphatic carbocycles. The van der Waals surface area contributed by atoms with Crippen molar-refractivity contribution in [1.82, 2.24) is 0 Å². The van der Waals surface area contributed by atoms with Gasteiger partial charge in [0.05, 0.1) is 7.11 Å². The Balaban J connectivity index is 2.60. The van der Waals surface area contributed by atoms with Crippen molar-refractivity contribution in [3.05, 3.63) is 34.3 Å². The van der Waals surface area contributed by atoms with Crippen LogP contribution in [0.1, 0.15) is 37.7 Å². The summed E-state index contributed by atoms with van der Waals surface area (Å²) in [6.07, 6.45) is 2.38. The van der Waals surface area contributed by atoms with Crippen molar-refractivity contribution >= 4 is 21.9 Å². The number of carbonyl (C=O) groups is 1. The molecule has 0 aromatic heterocycles. The van der Waals surface area contributed by atoms with Crippen molar-refractivity contribution < 1.29 is 9.53 Å². The molecule has 0 saturated carbocycles. The summed E-state index contributed by atoms with van der Waals surface area (Å²) in [5.74, 6) is 0.308. The van der Waals surface area contributed by atoms with Gasteiger partial charge in [-0.25, -0.2) is 0 Å². The van der Waals surface area contributed by atoms with Gasteiger partial charge in [-0.15, -0.1) is 0 Å². The number of esters is 1. The number of halogens is 1. The molecule has 1 rings (SSSR count). The first-order valence-electron chi connectivity index (χ1n) is 5.49. The third kappa shape index (κ3) is 3.97. The van der Waals surface area contributed by atoms with Gasteiger partial charge in [0, 0.05) is 10.9 Å². The third-order valence-electron chi connectivity index (χ3n) is 2.76. The summed E-state index contributed by atoms with van der Waals surface area (Å²) in [7, 11) is 1.43. The lowest BCUT2D eigenvalue weighted by Crippen LogP contribution is -2.04. The molecule has 0 aliphatic rings. The number of rotatable bonds is 5. The first-order valence-corrected chi connectivity index (χ1v) is 6.29. The Bertz CT molecular complexity index is 332. The summed E-state index contributed by atoms with van der Waals surface area (Å²) in [6.45, 7) is 2.14. The van der Waals surface area contributed by atoms with Crippen LogP contribution in [0.15, 0.2) is 28.7 Å². The maximum Gasteiger partial charge on any atom is 0.305 e. The highest BCUT2D eigenvalue weighted by Gasteiger charge is 2.11. The largest absolute Gasteiger partial charge is 0.469 e. The van der Waals surface area contributed by atoms with E-state index in [9.17, 15) is 4.79 Å². The van der Waals surface area contributed by atoms with E-state index >= 15 is 0 Å². The van der Waals surface area contributed by atoms with Crippen molar-refractivity contribution in [3.8, 4) is 0 Å². The standard InChI is InChI=1S/C13H17BrO2/c1-3-10(6-9-13(15)16-2)11-4-7-12(14)8-5-11/h4-5,7-8,10H,3,6,9H2,1-2H3/t10-/m1/s1. The van der Waals surface area contributed by atoms with Crippen molar-refractivity contribution in [2.45, 2.75) is 32.1 Å². The molecule has 1 aromatic carbocycles. The van der Waals surface area contributed by atoms with Crippen LogP contribution in [0.5, 0.6) is 0 Å². The topological polar surface area (TPSA) is 26.3 Å². The average Bonchev–Trinajstić information content (AvgIpc) is 2.31. The fraction of sp³-hybridized carbons (Fsp3) is 0.462. The summed E-state index contributed by atoms with van der Waals surface area (Å²) in [4.78, 5) is 11.1. The fourth-order valence-electron chi connectivity index (χ4n) is 1.74. The van der Waals surface area contributed by atoms with E-state index in [0.29, 0.717) is 12.3 Å². The highest BCUT2D eigenvalue weighted by atomic mass is 79.9. The molecule has 1 aromatic rings. The number of methoxy groups -OCH3 is 1. The maximum absolute atomic E-state index is 11.1. The monoisotopic (exact) mass is 284 g/mol. The smallest absolute Gasteiger partial charge is 0.305 e. The minimum absolute atomic E-state index is 0.129. The first kappa shape index (κ1) is 13.2. The normalized spacial score (nSPS) is 12.2. The van der Waals surface area contributed by atoms with Crippen molar-refractivity contribution in [3.63, 3.8) is 0 Å². The lowest BCUT2D eigenvalue weighted by Gasteiger charge is -2.14. The van der Waals surface area contributed by atoms with Gasteiger partial charge >= 0.3 is 5.97 Å². The average molecular weight is 285 g/mol. The maximum atomic E-state index is 11.1. The zero-order valence-electron chi connectivity index (χ0n) is 9.70. The van der Waals surface area contributed by atoms with Crippen LogP contribution in [0.25, 0.3) is 0 Å². The van der Waals surface area contributed by atoms with Crippen LogP contribution in [0.2, 0.25) is 0 Å². The van der Waals surface area contributed by atoms with Crippen LogP contribution in [-0.4, -0.2) is 13.1 Å². The Hall–Kier alpha value is -0.830. The predicted octanol–water partition coefficient (Wildman–Crippen LogP) is 3.90. The zero-order chi connectivity index (χ0) is 12.0. The molecule has 0 N–H and O–H groups in total. The Morgan fingerprint density at radius 3 is 2.50 bits per heavy atom. The molecular weight excluding hydrogens is 268 g/mol. The predicted molar refractivity (Wildman–Crippen MR) is 68.4 cm³/mol. The molecule has 0 aliphatic heterocycles. The van der Waals surface area contributed by atoms with E-state index < -0.39 is 0 Å². The summed E-state index contributed by atoms with van der Waals surface area (Å²) >= 11 is 3.42. The number of carbonyl (C=O) groups excluding carboxylic acids is 1. The molecule has 0 saturated heterocycles. The minimum atomic E-state index is -0.129. The highest BCUT2D eigenvalue weighted by Crippen LogP contribution is 2.26. The summed E-state index contributed by atoms with van der Waals surface area (Å²) in [5.41, 5.74) is 1.29. The van der Waals surface area contributed by atoms with Crippen LogP contribution in [0.3, 0.4) is 0 Å². The van der Waals surface area contributed by atoms with Gasteiger partial charge in [0.1, 0.15) is 0 Å². The van der Waals surface area contributed by atoms with Gasteiger partial charge < -0.3 is 4.74 Å². The second kappa shape index (κ2) is 6.69. The molecular formula is C13H17BrO2. The van der Waals surface area contributed by atoms with Crippen LogP contribution in [-0.2, 0) is 9.53 Å². The fourth-order valence-corrected chi connectivity index (χ4v) is 2.00. The van der Waals surface area contributed by atoms with Crippen molar-refractivity contribution in [2.24, 2.45) is 0 Å². The van der Waals surface area contributed by atoms with E-state index in [4.69, 9.17) is 0 Å². The van der Waals surface area contributed by atoms with E-state index in [-0.39, 0.29) is 5.97 Å². The van der Waals surface area contributed by atoms with Crippen LogP contribution in [0.4, 0.5) is 0 Å². The van der Waals surface area contributed by atoms with E-state index in [1.54, 1.807) is 0 Å². The highest BCUT2D eigenvalue weighted by molar-refractivity contribution is 9.10. The van der Waals surface area contributed by atoms with E-state index in [1.165, 1.54) is 12.7 Å². The van der Waals surface area contributed by atoms with E-state index in [1.807, 2.05) is 12.1 Å². The number of hydrogen-bond donors (Lipinski definition) is 0. The second-order valence-electron chi connectivity index (χ2n) is 3.77. The van der Waals surface area contributed by atoms with Crippen LogP contribution in [0, 0.1) is 0 Å². The van der Waals surface area contributed by atoms with Gasteiger partial charge in [-0.05, 0) is 36.5 Å². The molecule has 0 unspecified atom stereocenters. The number of hydrogen-bond acceptors (Lipinski definition) is 2. The second-order valence-corrected chi connectivity index (χ2v) is 4.69. The molecule has 0 bridgehead atoms. The van der Waals surface area contributed by atoms with Gasteiger partial charge in [-0.2, -0.15) is 0 Å². The van der Waals surface area contributed by atoms with Gasteiger partial charge in [0.25, 0.3) is 0 Å².